The summed E-state index contributed by atoms with van der Waals surface area (Å²) in [5.74, 6) is 0.208. The van der Waals surface area contributed by atoms with Crippen molar-refractivity contribution < 1.29 is 18.7 Å². The van der Waals surface area contributed by atoms with E-state index in [0.717, 1.165) is 35.2 Å². The molecular formula is C33H41Cl2N5O5. The molecule has 0 aliphatic carbocycles. The fourth-order valence-electron chi connectivity index (χ4n) is 5.54. The third-order valence-corrected chi connectivity index (χ3v) is 8.01. The zero-order chi connectivity index (χ0) is 30.7. The molecule has 0 bridgehead atoms. The third kappa shape index (κ3) is 7.35. The fourth-order valence-corrected chi connectivity index (χ4v) is 5.54. The van der Waals surface area contributed by atoms with Crippen molar-refractivity contribution in [1.82, 2.24) is 14.9 Å². The maximum Gasteiger partial charge on any atom is 0.294 e. The van der Waals surface area contributed by atoms with Crippen molar-refractivity contribution in [3.63, 3.8) is 0 Å². The molecule has 0 spiro atoms. The molecule has 10 nitrogen and oxygen atoms in total. The molecule has 1 N–H and O–H groups in total. The lowest BCUT2D eigenvalue weighted by atomic mass is 9.90. The highest BCUT2D eigenvalue weighted by Gasteiger charge is 2.45. The average molecular weight is 659 g/mol. The van der Waals surface area contributed by atoms with Crippen LogP contribution in [0.1, 0.15) is 44.0 Å². The number of pyridine rings is 2. The van der Waals surface area contributed by atoms with Gasteiger partial charge in [0.05, 0.1) is 24.2 Å². The molecule has 1 aliphatic heterocycles. The number of aryl methyl sites for hydroxylation is 3. The van der Waals surface area contributed by atoms with Gasteiger partial charge in [0.1, 0.15) is 11.2 Å². The minimum atomic E-state index is -1.14. The standard InChI is InChI=1S/C33H39N5O5.2ClH/c1-6-38-27-9-8-25(19-28(27)36(5)31(40)33(3,4)32(38)41)42-16-7-13-34-20-23-10-14-35-24(18-23)11-15-37-21-22(2)26-12-17-43-29(26)30(37)39;;/h8-10,12,14,17-19,21,34H,6-7,11,13,15-16,20H2,1-5H3;2*1H. The van der Waals surface area contributed by atoms with E-state index in [1.54, 1.807) is 47.7 Å². The summed E-state index contributed by atoms with van der Waals surface area (Å²) in [5, 5.41) is 4.30. The number of aromatic nitrogens is 2. The Bertz CT molecular complexity index is 1720. The highest BCUT2D eigenvalue weighted by Crippen LogP contribution is 2.40. The summed E-state index contributed by atoms with van der Waals surface area (Å²) in [5.41, 5.74) is 3.54. The first-order valence-corrected chi connectivity index (χ1v) is 14.7. The second-order valence-electron chi connectivity index (χ2n) is 11.4. The number of amides is 2. The van der Waals surface area contributed by atoms with Crippen molar-refractivity contribution in [2.75, 3.05) is 36.5 Å². The zero-order valence-corrected chi connectivity index (χ0v) is 27.9. The van der Waals surface area contributed by atoms with Crippen LogP contribution in [-0.4, -0.2) is 48.1 Å². The van der Waals surface area contributed by atoms with Crippen LogP contribution in [-0.2, 0) is 29.1 Å². The van der Waals surface area contributed by atoms with Gasteiger partial charge in [0.25, 0.3) is 5.56 Å². The van der Waals surface area contributed by atoms with Crippen LogP contribution in [0.25, 0.3) is 11.0 Å². The van der Waals surface area contributed by atoms with E-state index in [2.05, 4.69) is 16.4 Å². The van der Waals surface area contributed by atoms with Crippen LogP contribution in [0.3, 0.4) is 0 Å². The van der Waals surface area contributed by atoms with E-state index >= 15 is 0 Å². The predicted molar refractivity (Wildman–Crippen MR) is 181 cm³/mol. The topological polar surface area (TPSA) is 110 Å². The molecule has 5 rings (SSSR count). The molecule has 3 aromatic heterocycles. The van der Waals surface area contributed by atoms with Gasteiger partial charge in [-0.1, -0.05) is 0 Å². The van der Waals surface area contributed by atoms with E-state index in [1.807, 2.05) is 50.4 Å². The number of hydrogen-bond donors (Lipinski definition) is 1. The Kier molecular flexibility index (Phi) is 11.8. The van der Waals surface area contributed by atoms with Gasteiger partial charge in [-0.15, -0.1) is 24.8 Å². The first kappa shape index (κ1) is 35.6. The van der Waals surface area contributed by atoms with Gasteiger partial charge in [0, 0.05) is 62.6 Å². The van der Waals surface area contributed by atoms with Crippen molar-refractivity contribution in [1.29, 1.82) is 0 Å². The van der Waals surface area contributed by atoms with E-state index in [1.165, 1.54) is 0 Å². The van der Waals surface area contributed by atoms with Crippen LogP contribution < -0.4 is 25.4 Å². The van der Waals surface area contributed by atoms with Gasteiger partial charge in [0.2, 0.25) is 11.8 Å². The smallest absolute Gasteiger partial charge is 0.294 e. The molecule has 0 atom stereocenters. The summed E-state index contributed by atoms with van der Waals surface area (Å²) in [6, 6.07) is 11.4. The van der Waals surface area contributed by atoms with E-state index < -0.39 is 5.41 Å². The van der Waals surface area contributed by atoms with Crippen molar-refractivity contribution in [2.24, 2.45) is 5.41 Å². The second-order valence-corrected chi connectivity index (χ2v) is 11.4. The highest BCUT2D eigenvalue weighted by molar-refractivity contribution is 6.20. The molecular weight excluding hydrogens is 617 g/mol. The molecule has 2 amide bonds. The number of hydrogen-bond acceptors (Lipinski definition) is 7. The van der Waals surface area contributed by atoms with Crippen LogP contribution in [0, 0.1) is 12.3 Å². The third-order valence-electron chi connectivity index (χ3n) is 8.01. The molecule has 0 saturated carbocycles. The number of furan rings is 1. The minimum absolute atomic E-state index is 0. The molecule has 45 heavy (non-hydrogen) atoms. The number of carbonyl (C=O) groups excluding carboxylic acids is 2. The van der Waals surface area contributed by atoms with Crippen LogP contribution >= 0.6 is 24.8 Å². The molecule has 0 unspecified atom stereocenters. The molecule has 4 aromatic rings. The summed E-state index contributed by atoms with van der Waals surface area (Å²) in [6.45, 7) is 10.2. The van der Waals surface area contributed by atoms with Crippen molar-refractivity contribution in [2.45, 2.75) is 53.6 Å². The van der Waals surface area contributed by atoms with Gasteiger partial charge in [-0.05, 0) is 82.1 Å². The quantitative estimate of drug-likeness (QED) is 0.172. The lowest BCUT2D eigenvalue weighted by Crippen LogP contribution is -2.47. The van der Waals surface area contributed by atoms with Crippen molar-refractivity contribution >= 4 is 59.0 Å². The van der Waals surface area contributed by atoms with Gasteiger partial charge in [-0.25, -0.2) is 0 Å². The second kappa shape index (κ2) is 14.9. The average Bonchev–Trinajstić information content (AvgIpc) is 3.50. The molecule has 0 saturated heterocycles. The van der Waals surface area contributed by atoms with Gasteiger partial charge < -0.3 is 28.8 Å². The zero-order valence-electron chi connectivity index (χ0n) is 26.3. The van der Waals surface area contributed by atoms with Crippen LogP contribution in [0.5, 0.6) is 5.75 Å². The number of ether oxygens (including phenoxy) is 1. The lowest BCUT2D eigenvalue weighted by molar-refractivity contribution is -0.137. The maximum atomic E-state index is 13.1. The Hall–Kier alpha value is -3.86. The van der Waals surface area contributed by atoms with Gasteiger partial charge in [-0.3, -0.25) is 19.4 Å². The Morgan fingerprint density at radius 2 is 1.80 bits per heavy atom. The monoisotopic (exact) mass is 657 g/mol. The number of anilines is 2. The Labute approximate surface area is 275 Å². The maximum absolute atomic E-state index is 13.1. The SMILES string of the molecule is CCN1C(=O)C(C)(C)C(=O)N(C)c2cc(OCCCNCc3ccnc(CCn4cc(C)c5ccoc5c4=O)c3)ccc21.Cl.Cl. The van der Waals surface area contributed by atoms with Crippen molar-refractivity contribution in [3.05, 3.63) is 82.2 Å². The molecule has 0 fully saturated rings. The summed E-state index contributed by atoms with van der Waals surface area (Å²) < 4.78 is 13.1. The largest absolute Gasteiger partial charge is 0.493 e. The van der Waals surface area contributed by atoms with Crippen LogP contribution in [0.4, 0.5) is 11.4 Å². The summed E-state index contributed by atoms with van der Waals surface area (Å²) in [7, 11) is 1.70. The molecule has 1 aromatic carbocycles. The van der Waals surface area contributed by atoms with E-state index in [4.69, 9.17) is 9.15 Å². The van der Waals surface area contributed by atoms with Crippen LogP contribution in [0.2, 0.25) is 0 Å². The molecule has 242 valence electrons. The molecule has 4 heterocycles. The van der Waals surface area contributed by atoms with Gasteiger partial charge in [-0.2, -0.15) is 0 Å². The van der Waals surface area contributed by atoms with E-state index in [-0.39, 0.29) is 42.2 Å². The van der Waals surface area contributed by atoms with Crippen LogP contribution in [0.15, 0.2) is 64.3 Å². The number of carbonyl (C=O) groups is 2. The predicted octanol–water partition coefficient (Wildman–Crippen LogP) is 5.30. The minimum Gasteiger partial charge on any atom is -0.493 e. The Balaban J connectivity index is 0.00000276. The van der Waals surface area contributed by atoms with Gasteiger partial charge in [0.15, 0.2) is 5.58 Å². The number of benzene rings is 1. The summed E-state index contributed by atoms with van der Waals surface area (Å²) >= 11 is 0. The normalized spacial score (nSPS) is 14.1. The number of nitrogens with zero attached hydrogens (tertiary/aromatic N) is 4. The first-order chi connectivity index (χ1) is 20.6. The van der Waals surface area contributed by atoms with Gasteiger partial charge >= 0.3 is 0 Å². The molecule has 1 aliphatic rings. The van der Waals surface area contributed by atoms with E-state index in [0.29, 0.717) is 55.4 Å². The molecule has 12 heteroatoms. The Morgan fingerprint density at radius 1 is 1.02 bits per heavy atom. The highest BCUT2D eigenvalue weighted by atomic mass is 35.5. The van der Waals surface area contributed by atoms with E-state index in [9.17, 15) is 14.4 Å². The number of rotatable bonds is 11. The fraction of sp³-hybridized carbons (Fsp3) is 0.394. The van der Waals surface area contributed by atoms with Crippen molar-refractivity contribution in [3.8, 4) is 5.75 Å². The summed E-state index contributed by atoms with van der Waals surface area (Å²) in [6.07, 6.45) is 6.64. The summed E-state index contributed by atoms with van der Waals surface area (Å²) in [4.78, 5) is 46.5. The number of nitrogens with one attached hydrogen (secondary N) is 1. The number of halogens is 2. The first-order valence-electron chi connectivity index (χ1n) is 14.7. The number of fused-ring (bicyclic) bond motifs is 2. The lowest BCUT2D eigenvalue weighted by Gasteiger charge is -2.27. The Morgan fingerprint density at radius 3 is 2.56 bits per heavy atom. The molecule has 0 radical (unpaired) electrons.